The Labute approximate surface area is 488 Å². The molecule has 0 saturated heterocycles. The maximum Gasteiger partial charge on any atom is 0.105 e. The molecule has 0 fully saturated rings. The predicted octanol–water partition coefficient (Wildman–Crippen LogP) is 20.4. The first kappa shape index (κ1) is 47.0. The van der Waals surface area contributed by atoms with Crippen molar-refractivity contribution >= 4 is 109 Å². The van der Waals surface area contributed by atoms with Gasteiger partial charge in [-0.3, -0.25) is 0 Å². The standard InChI is InChI=1S/C79H48N6/c80-49-64-75(81-65-35-15-7-27-54(65)55-28-8-16-36-66(55)81)77(82-67-37-17-9-29-56(67)57-30-10-18-38-68(57)82)79(84-71-41-21-13-33-60(71)61-34-14-22-42-72(61)84)78(83-69-39-19-11-31-58(69)59-32-12-20-40-70(59)83)76(64)85-73-47-52(50-23-3-1-4-24-50)43-45-62(73)63-46-44-53(48-74(63)85)51-25-5-2-6-26-51/h1-48H. The third kappa shape index (κ3) is 6.63. The fraction of sp³-hybridized carbons (Fsp3) is 0. The van der Waals surface area contributed by atoms with Crippen LogP contribution in [0.25, 0.3) is 160 Å². The molecular formula is C79H48N6. The molecule has 0 radical (unpaired) electrons. The molecule has 5 aromatic heterocycles. The topological polar surface area (TPSA) is 48.4 Å². The van der Waals surface area contributed by atoms with Crippen molar-refractivity contribution in [1.82, 2.24) is 22.8 Å². The number of aromatic nitrogens is 5. The second-order valence-corrected chi connectivity index (χ2v) is 22.2. The van der Waals surface area contributed by atoms with Gasteiger partial charge in [-0.05, 0) is 82.9 Å². The van der Waals surface area contributed by atoms with Crippen LogP contribution in [-0.4, -0.2) is 22.8 Å². The average molecular weight is 1080 g/mol. The van der Waals surface area contributed by atoms with Gasteiger partial charge >= 0.3 is 0 Å². The van der Waals surface area contributed by atoms with E-state index < -0.39 is 0 Å². The molecular weight excluding hydrogens is 1030 g/mol. The normalized spacial score (nSPS) is 12.0. The fourth-order valence-electron chi connectivity index (χ4n) is 14.4. The summed E-state index contributed by atoms with van der Waals surface area (Å²) in [6.07, 6.45) is 0. The molecule has 0 amide bonds. The molecule has 0 aliphatic heterocycles. The summed E-state index contributed by atoms with van der Waals surface area (Å²) in [5.74, 6) is 0. The number of hydrogen-bond acceptors (Lipinski definition) is 1. The van der Waals surface area contributed by atoms with Gasteiger partial charge in [0.25, 0.3) is 0 Å². The Bertz CT molecular complexity index is 5550. The van der Waals surface area contributed by atoms with Crippen molar-refractivity contribution in [3.63, 3.8) is 0 Å². The number of benzene rings is 13. The van der Waals surface area contributed by atoms with E-state index >= 15 is 0 Å². The number of fused-ring (bicyclic) bond motifs is 15. The summed E-state index contributed by atoms with van der Waals surface area (Å²) in [5.41, 5.74) is 19.1. The third-order valence-corrected chi connectivity index (χ3v) is 17.9. The van der Waals surface area contributed by atoms with E-state index in [4.69, 9.17) is 0 Å². The molecule has 18 rings (SSSR count). The van der Waals surface area contributed by atoms with E-state index in [0.717, 1.165) is 160 Å². The first-order chi connectivity index (χ1) is 42.2. The van der Waals surface area contributed by atoms with Gasteiger partial charge < -0.3 is 22.8 Å². The minimum absolute atomic E-state index is 0.513. The van der Waals surface area contributed by atoms with Crippen LogP contribution in [0.4, 0.5) is 0 Å². The highest BCUT2D eigenvalue weighted by molar-refractivity contribution is 6.18. The Morgan fingerprint density at radius 3 is 0.671 bits per heavy atom. The Hall–Kier alpha value is -11.7. The minimum Gasteiger partial charge on any atom is -0.306 e. The summed E-state index contributed by atoms with van der Waals surface area (Å²) >= 11 is 0. The van der Waals surface area contributed by atoms with Crippen LogP contribution in [0.2, 0.25) is 0 Å². The predicted molar refractivity (Wildman–Crippen MR) is 354 cm³/mol. The summed E-state index contributed by atoms with van der Waals surface area (Å²) in [5, 5.41) is 24.4. The van der Waals surface area contributed by atoms with Gasteiger partial charge in [-0.15, -0.1) is 0 Å². The highest BCUT2D eigenvalue weighted by Crippen LogP contribution is 2.52. The molecule has 6 nitrogen and oxygen atoms in total. The lowest BCUT2D eigenvalue weighted by Crippen LogP contribution is -2.18. The maximum atomic E-state index is 13.3. The van der Waals surface area contributed by atoms with Gasteiger partial charge in [0.2, 0.25) is 0 Å². The zero-order valence-corrected chi connectivity index (χ0v) is 45.9. The number of rotatable bonds is 7. The lowest BCUT2D eigenvalue weighted by molar-refractivity contribution is 0.992. The van der Waals surface area contributed by atoms with Crippen LogP contribution >= 0.6 is 0 Å². The van der Waals surface area contributed by atoms with E-state index in [0.29, 0.717) is 5.56 Å². The molecule has 18 aromatic rings. The van der Waals surface area contributed by atoms with Crippen LogP contribution in [0.1, 0.15) is 5.56 Å². The molecule has 0 aliphatic rings. The maximum absolute atomic E-state index is 13.3. The molecule has 85 heavy (non-hydrogen) atoms. The van der Waals surface area contributed by atoms with E-state index in [1.165, 1.54) is 0 Å². The van der Waals surface area contributed by atoms with Crippen molar-refractivity contribution in [1.29, 1.82) is 5.26 Å². The molecule has 394 valence electrons. The summed E-state index contributed by atoms with van der Waals surface area (Å²) in [6.45, 7) is 0. The van der Waals surface area contributed by atoms with Gasteiger partial charge in [0.15, 0.2) is 0 Å². The largest absolute Gasteiger partial charge is 0.306 e. The lowest BCUT2D eigenvalue weighted by Gasteiger charge is -2.30. The Balaban J connectivity index is 1.21. The lowest BCUT2D eigenvalue weighted by atomic mass is 10.0. The third-order valence-electron chi connectivity index (χ3n) is 17.9. The molecule has 0 N–H and O–H groups in total. The quantitative estimate of drug-likeness (QED) is 0.157. The molecule has 0 spiro atoms. The van der Waals surface area contributed by atoms with Crippen LogP contribution in [0.3, 0.4) is 0 Å². The number of hydrogen-bond donors (Lipinski definition) is 0. The summed E-state index contributed by atoms with van der Waals surface area (Å²) in [7, 11) is 0. The Morgan fingerprint density at radius 2 is 0.400 bits per heavy atom. The van der Waals surface area contributed by atoms with E-state index in [9.17, 15) is 5.26 Å². The number of para-hydroxylation sites is 8. The van der Waals surface area contributed by atoms with Crippen molar-refractivity contribution in [2.24, 2.45) is 0 Å². The van der Waals surface area contributed by atoms with Gasteiger partial charge in [-0.1, -0.05) is 231 Å². The zero-order chi connectivity index (χ0) is 55.9. The zero-order valence-electron chi connectivity index (χ0n) is 45.9. The fourth-order valence-corrected chi connectivity index (χ4v) is 14.4. The molecule has 0 aliphatic carbocycles. The summed E-state index contributed by atoms with van der Waals surface area (Å²) < 4.78 is 12.4. The van der Waals surface area contributed by atoms with Crippen LogP contribution in [0.15, 0.2) is 291 Å². The van der Waals surface area contributed by atoms with Gasteiger partial charge in [0.05, 0.1) is 83.6 Å². The second-order valence-electron chi connectivity index (χ2n) is 22.2. The Kier molecular flexibility index (Phi) is 10.1. The smallest absolute Gasteiger partial charge is 0.105 e. The van der Waals surface area contributed by atoms with Crippen molar-refractivity contribution in [2.75, 3.05) is 0 Å². The molecule has 0 saturated carbocycles. The highest BCUT2D eigenvalue weighted by atomic mass is 15.2. The van der Waals surface area contributed by atoms with Crippen LogP contribution in [-0.2, 0) is 0 Å². The molecule has 6 heteroatoms. The first-order valence-corrected chi connectivity index (χ1v) is 29.0. The van der Waals surface area contributed by atoms with Gasteiger partial charge in [-0.2, -0.15) is 5.26 Å². The first-order valence-electron chi connectivity index (χ1n) is 29.0. The average Bonchev–Trinajstić information content (AvgIpc) is 2.03. The van der Waals surface area contributed by atoms with Crippen molar-refractivity contribution in [3.05, 3.63) is 297 Å². The molecule has 0 unspecified atom stereocenters. The van der Waals surface area contributed by atoms with Crippen molar-refractivity contribution in [3.8, 4) is 56.8 Å². The van der Waals surface area contributed by atoms with E-state index in [2.05, 4.69) is 320 Å². The molecule has 13 aromatic carbocycles. The SMILES string of the molecule is N#Cc1c(-n2c3ccccc3c3ccccc32)c(-n2c3ccccc3c3ccccc32)c(-n2c3ccccc3c3ccccc32)c(-n2c3ccccc3c3ccccc32)c1-n1c2cc(-c3ccccc3)ccc2c2ccc(-c3ccccc3)cc21. The Morgan fingerprint density at radius 1 is 0.188 bits per heavy atom. The van der Waals surface area contributed by atoms with Crippen LogP contribution < -0.4 is 0 Å². The van der Waals surface area contributed by atoms with Crippen molar-refractivity contribution < 1.29 is 0 Å². The second kappa shape index (κ2) is 18.2. The molecule has 0 atom stereocenters. The van der Waals surface area contributed by atoms with Crippen LogP contribution in [0, 0.1) is 11.3 Å². The van der Waals surface area contributed by atoms with Gasteiger partial charge in [-0.25, -0.2) is 0 Å². The number of nitrogens with zero attached hydrogens (tertiary/aromatic N) is 6. The van der Waals surface area contributed by atoms with E-state index in [1.807, 2.05) is 0 Å². The molecule has 0 bridgehead atoms. The minimum atomic E-state index is 0.513. The number of nitriles is 1. The highest BCUT2D eigenvalue weighted by Gasteiger charge is 2.36. The van der Waals surface area contributed by atoms with Crippen LogP contribution in [0.5, 0.6) is 0 Å². The summed E-state index contributed by atoms with van der Waals surface area (Å²) in [6, 6.07) is 109. The summed E-state index contributed by atoms with van der Waals surface area (Å²) in [4.78, 5) is 0. The van der Waals surface area contributed by atoms with E-state index in [1.54, 1.807) is 0 Å². The monoisotopic (exact) mass is 1080 g/mol. The van der Waals surface area contributed by atoms with E-state index in [-0.39, 0.29) is 0 Å². The van der Waals surface area contributed by atoms with Crippen molar-refractivity contribution in [2.45, 2.75) is 0 Å². The molecule has 5 heterocycles. The van der Waals surface area contributed by atoms with Gasteiger partial charge in [0, 0.05) is 53.9 Å². The van der Waals surface area contributed by atoms with Gasteiger partial charge in [0.1, 0.15) is 11.6 Å².